The standard InChI is InChI=1S/C6H12O8S2/c7-15(8,9)13-5-3-1-2-4-6(5)14-16(10,11)12/h5-6H,1-4H2,(H,7,8,9)(H,10,11,12). The van der Waals surface area contributed by atoms with Crippen molar-refractivity contribution in [2.45, 2.75) is 37.9 Å². The van der Waals surface area contributed by atoms with Crippen molar-refractivity contribution in [3.05, 3.63) is 0 Å². The minimum absolute atomic E-state index is 0.222. The highest BCUT2D eigenvalue weighted by atomic mass is 32.3. The summed E-state index contributed by atoms with van der Waals surface area (Å²) in [6, 6.07) is 0. The van der Waals surface area contributed by atoms with Crippen LogP contribution in [0.5, 0.6) is 0 Å². The fourth-order valence-corrected chi connectivity index (χ4v) is 2.66. The zero-order chi connectivity index (χ0) is 12.4. The van der Waals surface area contributed by atoms with E-state index in [1.807, 2.05) is 0 Å². The average molecular weight is 276 g/mol. The van der Waals surface area contributed by atoms with Crippen LogP contribution in [-0.4, -0.2) is 38.1 Å². The van der Waals surface area contributed by atoms with E-state index in [1.54, 1.807) is 0 Å². The fraction of sp³-hybridized carbons (Fsp3) is 1.00. The molecule has 0 aromatic carbocycles. The largest absolute Gasteiger partial charge is 0.397 e. The minimum atomic E-state index is -4.67. The molecule has 2 N–H and O–H groups in total. The van der Waals surface area contributed by atoms with Crippen LogP contribution in [0.25, 0.3) is 0 Å². The Labute approximate surface area is 93.5 Å². The molecule has 0 spiro atoms. The smallest absolute Gasteiger partial charge is 0.264 e. The Morgan fingerprint density at radius 3 is 1.38 bits per heavy atom. The van der Waals surface area contributed by atoms with Crippen LogP contribution in [0.4, 0.5) is 0 Å². The monoisotopic (exact) mass is 276 g/mol. The zero-order valence-corrected chi connectivity index (χ0v) is 9.78. The Balaban J connectivity index is 2.72. The molecule has 1 aliphatic rings. The van der Waals surface area contributed by atoms with E-state index >= 15 is 0 Å². The van der Waals surface area contributed by atoms with Crippen LogP contribution < -0.4 is 0 Å². The van der Waals surface area contributed by atoms with E-state index in [0.29, 0.717) is 12.8 Å². The van der Waals surface area contributed by atoms with Gasteiger partial charge in [-0.2, -0.15) is 16.8 Å². The maximum Gasteiger partial charge on any atom is 0.397 e. The first kappa shape index (κ1) is 13.8. The van der Waals surface area contributed by atoms with Crippen molar-refractivity contribution in [1.82, 2.24) is 0 Å². The van der Waals surface area contributed by atoms with E-state index in [0.717, 1.165) is 0 Å². The number of hydrogen-bond donors (Lipinski definition) is 2. The van der Waals surface area contributed by atoms with Crippen LogP contribution in [0.1, 0.15) is 25.7 Å². The summed E-state index contributed by atoms with van der Waals surface area (Å²) >= 11 is 0. The first-order chi connectivity index (χ1) is 7.17. The van der Waals surface area contributed by atoms with Gasteiger partial charge in [0.05, 0.1) is 0 Å². The van der Waals surface area contributed by atoms with E-state index in [1.165, 1.54) is 0 Å². The highest BCUT2D eigenvalue weighted by Gasteiger charge is 2.33. The summed E-state index contributed by atoms with van der Waals surface area (Å²) in [4.78, 5) is 0. The molecule has 1 saturated carbocycles. The minimum Gasteiger partial charge on any atom is -0.264 e. The third-order valence-corrected chi connectivity index (χ3v) is 3.11. The van der Waals surface area contributed by atoms with Crippen LogP contribution in [-0.2, 0) is 29.2 Å². The molecule has 0 aromatic heterocycles. The second-order valence-electron chi connectivity index (χ2n) is 3.41. The Bertz CT molecular complexity index is 381. The molecule has 2 atom stereocenters. The summed E-state index contributed by atoms with van der Waals surface area (Å²) in [5.41, 5.74) is 0. The van der Waals surface area contributed by atoms with Gasteiger partial charge >= 0.3 is 20.8 Å². The number of rotatable bonds is 4. The van der Waals surface area contributed by atoms with Crippen molar-refractivity contribution in [2.75, 3.05) is 0 Å². The molecule has 10 heteroatoms. The molecule has 0 bridgehead atoms. The summed E-state index contributed by atoms with van der Waals surface area (Å²) in [6.45, 7) is 0. The summed E-state index contributed by atoms with van der Waals surface area (Å²) in [6.07, 6.45) is -0.534. The predicted molar refractivity (Wildman–Crippen MR) is 51.3 cm³/mol. The van der Waals surface area contributed by atoms with Gasteiger partial charge in [-0.25, -0.2) is 8.37 Å². The predicted octanol–water partition coefficient (Wildman–Crippen LogP) is -0.0636. The van der Waals surface area contributed by atoms with Gasteiger partial charge in [-0.3, -0.25) is 9.11 Å². The molecule has 96 valence electrons. The van der Waals surface area contributed by atoms with Gasteiger partial charge in [0, 0.05) is 0 Å². The van der Waals surface area contributed by atoms with Crippen molar-refractivity contribution in [2.24, 2.45) is 0 Å². The van der Waals surface area contributed by atoms with Gasteiger partial charge in [0.2, 0.25) is 0 Å². The second kappa shape index (κ2) is 4.94. The van der Waals surface area contributed by atoms with Crippen molar-refractivity contribution >= 4 is 20.8 Å². The molecule has 8 nitrogen and oxygen atoms in total. The normalized spacial score (nSPS) is 27.9. The van der Waals surface area contributed by atoms with Crippen LogP contribution in [0.3, 0.4) is 0 Å². The molecule has 16 heavy (non-hydrogen) atoms. The van der Waals surface area contributed by atoms with Crippen molar-refractivity contribution in [3.63, 3.8) is 0 Å². The first-order valence-corrected chi connectivity index (χ1v) is 7.22. The topological polar surface area (TPSA) is 127 Å². The summed E-state index contributed by atoms with van der Waals surface area (Å²) in [7, 11) is -9.34. The quantitative estimate of drug-likeness (QED) is 0.683. The second-order valence-corrected chi connectivity index (χ2v) is 5.51. The summed E-state index contributed by atoms with van der Waals surface area (Å²) in [5.74, 6) is 0. The maximum atomic E-state index is 10.5. The van der Waals surface area contributed by atoms with Gasteiger partial charge in [-0.1, -0.05) is 12.8 Å². The van der Waals surface area contributed by atoms with Crippen LogP contribution in [0.2, 0.25) is 0 Å². The van der Waals surface area contributed by atoms with Crippen LogP contribution in [0.15, 0.2) is 0 Å². The maximum absolute atomic E-state index is 10.5. The summed E-state index contributed by atoms with van der Waals surface area (Å²) in [5, 5.41) is 0. The van der Waals surface area contributed by atoms with Crippen molar-refractivity contribution < 1.29 is 34.3 Å². The van der Waals surface area contributed by atoms with Gasteiger partial charge in [0.1, 0.15) is 12.2 Å². The molecular weight excluding hydrogens is 264 g/mol. The highest BCUT2D eigenvalue weighted by Crippen LogP contribution is 2.25. The first-order valence-electron chi connectivity index (χ1n) is 4.49. The highest BCUT2D eigenvalue weighted by molar-refractivity contribution is 7.81. The summed E-state index contributed by atoms with van der Waals surface area (Å²) < 4.78 is 67.4. The lowest BCUT2D eigenvalue weighted by atomic mass is 9.95. The molecule has 1 aliphatic carbocycles. The van der Waals surface area contributed by atoms with E-state index in [-0.39, 0.29) is 12.8 Å². The van der Waals surface area contributed by atoms with Crippen LogP contribution >= 0.6 is 0 Å². The van der Waals surface area contributed by atoms with Crippen LogP contribution in [0, 0.1) is 0 Å². The molecule has 2 unspecified atom stereocenters. The lowest BCUT2D eigenvalue weighted by Gasteiger charge is -2.28. The molecule has 0 aliphatic heterocycles. The lowest BCUT2D eigenvalue weighted by Crippen LogP contribution is -2.37. The molecule has 0 radical (unpaired) electrons. The Hall–Kier alpha value is -0.260. The van der Waals surface area contributed by atoms with E-state index < -0.39 is 33.0 Å². The van der Waals surface area contributed by atoms with Gasteiger partial charge in [0.15, 0.2) is 0 Å². The van der Waals surface area contributed by atoms with E-state index in [2.05, 4.69) is 8.37 Å². The Kier molecular flexibility index (Phi) is 4.26. The number of hydrogen-bond acceptors (Lipinski definition) is 6. The van der Waals surface area contributed by atoms with Crippen molar-refractivity contribution in [1.29, 1.82) is 0 Å². The SMILES string of the molecule is O=S(=O)(O)OC1CCCCC1OS(=O)(=O)O. The van der Waals surface area contributed by atoms with Gasteiger partial charge in [-0.15, -0.1) is 0 Å². The zero-order valence-electron chi connectivity index (χ0n) is 8.14. The van der Waals surface area contributed by atoms with Gasteiger partial charge in [0.25, 0.3) is 0 Å². The molecule has 1 rings (SSSR count). The Morgan fingerprint density at radius 2 is 1.12 bits per heavy atom. The third-order valence-electron chi connectivity index (χ3n) is 2.13. The van der Waals surface area contributed by atoms with Gasteiger partial charge < -0.3 is 0 Å². The lowest BCUT2D eigenvalue weighted by molar-refractivity contribution is 0.0175. The average Bonchev–Trinajstić information content (AvgIpc) is 2.03. The fourth-order valence-electron chi connectivity index (χ4n) is 1.60. The molecular formula is C6H12O8S2. The Morgan fingerprint density at radius 1 is 0.812 bits per heavy atom. The third kappa shape index (κ3) is 5.18. The van der Waals surface area contributed by atoms with Gasteiger partial charge in [-0.05, 0) is 12.8 Å². The van der Waals surface area contributed by atoms with E-state index in [4.69, 9.17) is 9.11 Å². The van der Waals surface area contributed by atoms with E-state index in [9.17, 15) is 16.8 Å². The molecule has 1 fully saturated rings. The molecule has 0 aromatic rings. The van der Waals surface area contributed by atoms with Crippen molar-refractivity contribution in [3.8, 4) is 0 Å². The molecule has 0 amide bonds. The molecule has 0 saturated heterocycles. The molecule has 0 heterocycles.